The molecule has 0 aliphatic carbocycles. The number of nitrogens with two attached hydrogens (primary N) is 1. The first kappa shape index (κ1) is 19.6. The number of hydrogen-bond acceptors (Lipinski definition) is 6. The number of carbonyl (C=O) groups is 2. The quantitative estimate of drug-likeness (QED) is 0.723. The monoisotopic (exact) mass is 374 g/mol. The number of hydrogen-bond donors (Lipinski definition) is 3. The Labute approximate surface area is 148 Å². The molecule has 0 aliphatic rings. The molecule has 2 aromatic heterocycles. The van der Waals surface area contributed by atoms with Crippen LogP contribution in [0.3, 0.4) is 0 Å². The zero-order valence-electron chi connectivity index (χ0n) is 12.8. The van der Waals surface area contributed by atoms with Crippen molar-refractivity contribution in [2.24, 2.45) is 5.73 Å². The number of carbonyl (C=O) groups excluding carboxylic acids is 2. The number of anilines is 1. The van der Waals surface area contributed by atoms with Crippen molar-refractivity contribution in [2.75, 3.05) is 11.9 Å². The van der Waals surface area contributed by atoms with E-state index in [2.05, 4.69) is 15.6 Å². The lowest BCUT2D eigenvalue weighted by molar-refractivity contribution is -0.119. The predicted octanol–water partition coefficient (Wildman–Crippen LogP) is 2.53. The Morgan fingerprint density at radius 1 is 1.30 bits per heavy atom. The fourth-order valence-electron chi connectivity index (χ4n) is 1.80. The van der Waals surface area contributed by atoms with Gasteiger partial charge in [0.05, 0.1) is 17.1 Å². The Morgan fingerprint density at radius 3 is 2.70 bits per heavy atom. The van der Waals surface area contributed by atoms with Crippen LogP contribution in [-0.2, 0) is 16.1 Å². The molecule has 9 heteroatoms. The van der Waals surface area contributed by atoms with Crippen molar-refractivity contribution in [1.29, 1.82) is 0 Å². The van der Waals surface area contributed by atoms with Crippen LogP contribution in [0.15, 0.2) is 12.1 Å². The zero-order chi connectivity index (χ0) is 16.1. The van der Waals surface area contributed by atoms with Crippen LogP contribution in [0.25, 0.3) is 10.6 Å². The molecule has 0 atom stereocenters. The fraction of sp³-hybridized carbons (Fsp3) is 0.357. The van der Waals surface area contributed by atoms with Crippen LogP contribution in [0, 0.1) is 6.92 Å². The summed E-state index contributed by atoms with van der Waals surface area (Å²) in [6.45, 7) is 4.30. The van der Waals surface area contributed by atoms with Crippen LogP contribution in [0.5, 0.6) is 0 Å². The molecule has 2 heterocycles. The summed E-state index contributed by atoms with van der Waals surface area (Å²) in [6.07, 6.45) is 0.286. The lowest BCUT2D eigenvalue weighted by atomic mass is 10.3. The molecule has 23 heavy (non-hydrogen) atoms. The molecular weight excluding hydrogens is 356 g/mol. The van der Waals surface area contributed by atoms with E-state index in [1.54, 1.807) is 11.3 Å². The minimum atomic E-state index is -0.125. The van der Waals surface area contributed by atoms with Gasteiger partial charge in [0.15, 0.2) is 5.13 Å². The second-order valence-corrected chi connectivity index (χ2v) is 7.06. The Bertz CT molecular complexity index is 684. The first-order valence-electron chi connectivity index (χ1n) is 6.80. The molecule has 0 fully saturated rings. The van der Waals surface area contributed by atoms with Crippen LogP contribution in [-0.4, -0.2) is 23.3 Å². The third kappa shape index (κ3) is 5.58. The van der Waals surface area contributed by atoms with Crippen LogP contribution in [0.1, 0.15) is 23.1 Å². The molecule has 126 valence electrons. The lowest BCUT2D eigenvalue weighted by Crippen LogP contribution is -2.17. The van der Waals surface area contributed by atoms with Crippen molar-refractivity contribution in [3.63, 3.8) is 0 Å². The van der Waals surface area contributed by atoms with Gasteiger partial charge in [0.2, 0.25) is 11.8 Å². The standard InChI is InChI=1S/C14H18N4O2S2.ClH/c1-8-13(18-14(21-8)17-12(20)5-6-15)11-4-3-10(22-11)7-16-9(2)19;/h3-4H,5-7,15H2,1-2H3,(H,16,19)(H,17,18,20);1H. The number of aryl methyl sites for hydroxylation is 1. The van der Waals surface area contributed by atoms with Crippen molar-refractivity contribution >= 4 is 52.0 Å². The molecule has 0 aliphatic heterocycles. The van der Waals surface area contributed by atoms with Crippen molar-refractivity contribution < 1.29 is 9.59 Å². The van der Waals surface area contributed by atoms with Gasteiger partial charge in [-0.3, -0.25) is 9.59 Å². The molecular formula is C14H19ClN4O2S2. The topological polar surface area (TPSA) is 97.1 Å². The van der Waals surface area contributed by atoms with Crippen molar-refractivity contribution in [1.82, 2.24) is 10.3 Å². The van der Waals surface area contributed by atoms with Gasteiger partial charge in [0, 0.05) is 29.6 Å². The summed E-state index contributed by atoms with van der Waals surface area (Å²) in [4.78, 5) is 30.1. The van der Waals surface area contributed by atoms with E-state index >= 15 is 0 Å². The third-order valence-electron chi connectivity index (χ3n) is 2.82. The largest absolute Gasteiger partial charge is 0.351 e. The van der Waals surface area contributed by atoms with Crippen LogP contribution >= 0.6 is 35.1 Å². The fourth-order valence-corrected chi connectivity index (χ4v) is 3.71. The van der Waals surface area contributed by atoms with Crippen molar-refractivity contribution in [2.45, 2.75) is 26.8 Å². The van der Waals surface area contributed by atoms with Gasteiger partial charge < -0.3 is 16.4 Å². The molecule has 0 unspecified atom stereocenters. The maximum absolute atomic E-state index is 11.6. The number of nitrogens with zero attached hydrogens (tertiary/aromatic N) is 1. The van der Waals surface area contributed by atoms with Gasteiger partial charge in [0.1, 0.15) is 0 Å². The summed E-state index contributed by atoms with van der Waals surface area (Å²) in [7, 11) is 0. The summed E-state index contributed by atoms with van der Waals surface area (Å²) in [6, 6.07) is 3.96. The summed E-state index contributed by atoms with van der Waals surface area (Å²) in [5.41, 5.74) is 6.22. The molecule has 0 bridgehead atoms. The van der Waals surface area contributed by atoms with Crippen molar-refractivity contribution in [3.05, 3.63) is 21.9 Å². The molecule has 0 saturated heterocycles. The van der Waals surface area contributed by atoms with Crippen molar-refractivity contribution in [3.8, 4) is 10.6 Å². The second-order valence-electron chi connectivity index (χ2n) is 4.69. The highest BCUT2D eigenvalue weighted by molar-refractivity contribution is 7.18. The minimum Gasteiger partial charge on any atom is -0.351 e. The maximum Gasteiger partial charge on any atom is 0.227 e. The van der Waals surface area contributed by atoms with Gasteiger partial charge in [0.25, 0.3) is 0 Å². The van der Waals surface area contributed by atoms with E-state index in [4.69, 9.17) is 5.73 Å². The Kier molecular flexibility index (Phi) is 7.63. The van der Waals surface area contributed by atoms with E-state index in [0.717, 1.165) is 20.3 Å². The highest BCUT2D eigenvalue weighted by Crippen LogP contribution is 2.34. The van der Waals surface area contributed by atoms with E-state index in [0.29, 0.717) is 18.2 Å². The number of thiophene rings is 1. The highest BCUT2D eigenvalue weighted by Gasteiger charge is 2.13. The molecule has 0 radical (unpaired) electrons. The SMILES string of the molecule is CC(=O)NCc1ccc(-c2nc(NC(=O)CCN)sc2C)s1.Cl. The number of nitrogens with one attached hydrogen (secondary N) is 2. The average Bonchev–Trinajstić information content (AvgIpc) is 3.03. The van der Waals surface area contributed by atoms with Crippen LogP contribution < -0.4 is 16.4 Å². The molecule has 6 nitrogen and oxygen atoms in total. The van der Waals surface area contributed by atoms with E-state index in [1.165, 1.54) is 18.3 Å². The van der Waals surface area contributed by atoms with Gasteiger partial charge in [-0.15, -0.1) is 35.1 Å². The Morgan fingerprint density at radius 2 is 2.04 bits per heavy atom. The first-order chi connectivity index (χ1) is 10.5. The molecule has 0 aromatic carbocycles. The average molecular weight is 375 g/mol. The summed E-state index contributed by atoms with van der Waals surface area (Å²) >= 11 is 3.03. The Balaban J connectivity index is 0.00000264. The highest BCUT2D eigenvalue weighted by atomic mass is 35.5. The van der Waals surface area contributed by atoms with E-state index in [9.17, 15) is 9.59 Å². The molecule has 4 N–H and O–H groups in total. The summed E-state index contributed by atoms with van der Waals surface area (Å²) < 4.78 is 0. The number of aromatic nitrogens is 1. The molecule has 2 aromatic rings. The maximum atomic E-state index is 11.6. The summed E-state index contributed by atoms with van der Waals surface area (Å²) in [5.74, 6) is -0.176. The smallest absolute Gasteiger partial charge is 0.227 e. The second kappa shape index (κ2) is 8.97. The zero-order valence-corrected chi connectivity index (χ0v) is 15.3. The van der Waals surface area contributed by atoms with Gasteiger partial charge in [-0.2, -0.15) is 0 Å². The van der Waals surface area contributed by atoms with Gasteiger partial charge in [-0.1, -0.05) is 0 Å². The minimum absolute atomic E-state index is 0. The molecule has 0 spiro atoms. The molecule has 2 amide bonds. The lowest BCUT2D eigenvalue weighted by Gasteiger charge is -1.98. The first-order valence-corrected chi connectivity index (χ1v) is 8.43. The van der Waals surface area contributed by atoms with Crippen LogP contribution in [0.2, 0.25) is 0 Å². The predicted molar refractivity (Wildman–Crippen MR) is 97.2 cm³/mol. The van der Waals surface area contributed by atoms with Crippen LogP contribution in [0.4, 0.5) is 5.13 Å². The molecule has 0 saturated carbocycles. The normalized spacial score (nSPS) is 10.0. The van der Waals surface area contributed by atoms with E-state index in [1.807, 2.05) is 19.1 Å². The number of halogens is 1. The number of rotatable bonds is 6. The summed E-state index contributed by atoms with van der Waals surface area (Å²) in [5, 5.41) is 6.11. The van der Waals surface area contributed by atoms with Gasteiger partial charge in [-0.05, 0) is 19.1 Å². The Hall–Kier alpha value is -1.48. The van der Waals surface area contributed by atoms with E-state index in [-0.39, 0.29) is 30.6 Å². The number of amides is 2. The van der Waals surface area contributed by atoms with Gasteiger partial charge >= 0.3 is 0 Å². The van der Waals surface area contributed by atoms with E-state index < -0.39 is 0 Å². The number of thiazole rings is 1. The third-order valence-corrected chi connectivity index (χ3v) is 4.80. The van der Waals surface area contributed by atoms with Gasteiger partial charge in [-0.25, -0.2) is 4.98 Å². The molecule has 2 rings (SSSR count).